The Morgan fingerprint density at radius 2 is 1.93 bits per heavy atom. The Hall–Kier alpha value is -2.52. The molecule has 0 spiro atoms. The lowest BCUT2D eigenvalue weighted by molar-refractivity contribution is -0.166. The number of methoxy groups -OCH3 is 1. The molecule has 0 aromatic heterocycles. The smallest absolute Gasteiger partial charge is 0.323 e. The van der Waals surface area contributed by atoms with Gasteiger partial charge in [-0.2, -0.15) is 0 Å². The van der Waals surface area contributed by atoms with Crippen LogP contribution in [0, 0.1) is 0 Å². The van der Waals surface area contributed by atoms with Crippen LogP contribution in [-0.2, 0) is 19.1 Å². The maximum atomic E-state index is 12.6. The van der Waals surface area contributed by atoms with Crippen LogP contribution in [0.4, 0.5) is 5.69 Å². The van der Waals surface area contributed by atoms with Crippen molar-refractivity contribution in [2.75, 3.05) is 39.3 Å². The first-order chi connectivity index (χ1) is 13.3. The highest BCUT2D eigenvalue weighted by Crippen LogP contribution is 2.29. The van der Waals surface area contributed by atoms with Gasteiger partial charge in [-0.1, -0.05) is 11.6 Å². The average molecular weight is 414 g/mol. The Labute approximate surface area is 168 Å². The molecule has 154 valence electrons. The third-order valence-corrected chi connectivity index (χ3v) is 4.65. The second-order valence-corrected chi connectivity index (χ2v) is 6.78. The number of nitrogens with two attached hydrogens (primary N) is 1. The molecule has 1 aliphatic rings. The van der Waals surface area contributed by atoms with Crippen molar-refractivity contribution in [2.45, 2.75) is 25.8 Å². The largest absolute Gasteiger partial charge is 0.496 e. The first-order valence-electron chi connectivity index (χ1n) is 8.75. The number of carbonyl (C=O) groups excluding carboxylic acids is 3. The van der Waals surface area contributed by atoms with E-state index in [0.717, 1.165) is 0 Å². The molecule has 0 unspecified atom stereocenters. The van der Waals surface area contributed by atoms with Gasteiger partial charge >= 0.3 is 11.9 Å². The van der Waals surface area contributed by atoms with E-state index in [1.165, 1.54) is 26.2 Å². The number of esters is 2. The van der Waals surface area contributed by atoms with Crippen molar-refractivity contribution < 1.29 is 28.6 Å². The van der Waals surface area contributed by atoms with E-state index < -0.39 is 11.9 Å². The van der Waals surface area contributed by atoms with Crippen LogP contribution >= 0.6 is 11.6 Å². The number of hydrogen-bond donors (Lipinski definition) is 2. The molecule has 0 saturated carbocycles. The van der Waals surface area contributed by atoms with Crippen LogP contribution in [-0.4, -0.2) is 62.3 Å². The summed E-state index contributed by atoms with van der Waals surface area (Å²) in [7, 11) is 1.46. The molecule has 1 aromatic carbocycles. The molecule has 1 aromatic rings. The van der Waals surface area contributed by atoms with Gasteiger partial charge in [0.25, 0.3) is 5.91 Å². The summed E-state index contributed by atoms with van der Waals surface area (Å²) in [6, 6.07) is 2.96. The Morgan fingerprint density at radius 3 is 2.54 bits per heavy atom. The number of halogens is 1. The van der Waals surface area contributed by atoms with Crippen molar-refractivity contribution >= 4 is 35.1 Å². The number of nitrogen functional groups attached to an aromatic ring is 1. The van der Waals surface area contributed by atoms with E-state index in [-0.39, 0.29) is 30.3 Å². The topological polar surface area (TPSA) is 120 Å². The van der Waals surface area contributed by atoms with Crippen LogP contribution < -0.4 is 15.8 Å². The van der Waals surface area contributed by atoms with Gasteiger partial charge in [-0.15, -0.1) is 0 Å². The van der Waals surface area contributed by atoms with E-state index in [0.29, 0.717) is 42.9 Å². The Balaban J connectivity index is 1.81. The minimum Gasteiger partial charge on any atom is -0.496 e. The maximum Gasteiger partial charge on any atom is 0.323 e. The predicted octanol–water partition coefficient (Wildman–Crippen LogP) is 1.19. The molecule has 9 nitrogen and oxygen atoms in total. The first-order valence-corrected chi connectivity index (χ1v) is 9.13. The Morgan fingerprint density at radius 1 is 1.25 bits per heavy atom. The number of amides is 1. The summed E-state index contributed by atoms with van der Waals surface area (Å²) in [6.45, 7) is 2.19. The molecule has 28 heavy (non-hydrogen) atoms. The highest BCUT2D eigenvalue weighted by atomic mass is 35.5. The number of rotatable bonds is 7. The van der Waals surface area contributed by atoms with Gasteiger partial charge in [-0.25, -0.2) is 0 Å². The molecule has 1 fully saturated rings. The first kappa shape index (κ1) is 21.8. The molecule has 0 radical (unpaired) electrons. The Kier molecular flexibility index (Phi) is 7.89. The van der Waals surface area contributed by atoms with E-state index in [1.807, 2.05) is 4.90 Å². The zero-order valence-electron chi connectivity index (χ0n) is 15.8. The number of nitrogens with one attached hydrogen (secondary N) is 1. The molecule has 0 atom stereocenters. The standard InChI is InChI=1S/C18H24ClN3O6/c1-11(23)27-10-28-17(24)9-22-5-3-12(4-6-22)21-18(25)13-7-14(19)15(20)8-16(13)26-2/h7-8,12H,3-6,9-10,20H2,1-2H3,(H,21,25). The summed E-state index contributed by atoms with van der Waals surface area (Å²) < 4.78 is 14.6. The summed E-state index contributed by atoms with van der Waals surface area (Å²) in [6.07, 6.45) is 1.35. The van der Waals surface area contributed by atoms with Crippen molar-refractivity contribution in [3.63, 3.8) is 0 Å². The fourth-order valence-electron chi connectivity index (χ4n) is 2.82. The van der Waals surface area contributed by atoms with Crippen LogP contribution in [0.5, 0.6) is 5.75 Å². The molecular formula is C18H24ClN3O6. The molecule has 1 saturated heterocycles. The predicted molar refractivity (Wildman–Crippen MR) is 102 cm³/mol. The highest BCUT2D eigenvalue weighted by Gasteiger charge is 2.24. The highest BCUT2D eigenvalue weighted by molar-refractivity contribution is 6.33. The van der Waals surface area contributed by atoms with Gasteiger partial charge < -0.3 is 25.3 Å². The Bertz CT molecular complexity index is 734. The number of ether oxygens (including phenoxy) is 3. The zero-order chi connectivity index (χ0) is 20.7. The van der Waals surface area contributed by atoms with Gasteiger partial charge in [0.05, 0.1) is 29.9 Å². The molecular weight excluding hydrogens is 390 g/mol. The SMILES string of the molecule is COc1cc(N)c(Cl)cc1C(=O)NC1CCN(CC(=O)OCOC(C)=O)CC1. The van der Waals surface area contributed by atoms with Crippen molar-refractivity contribution in [2.24, 2.45) is 0 Å². The summed E-state index contributed by atoms with van der Waals surface area (Å²) in [5, 5.41) is 3.24. The molecule has 1 amide bonds. The van der Waals surface area contributed by atoms with Crippen molar-refractivity contribution in [1.82, 2.24) is 10.2 Å². The molecule has 2 rings (SSSR count). The maximum absolute atomic E-state index is 12.6. The molecule has 0 bridgehead atoms. The molecule has 1 heterocycles. The van der Waals surface area contributed by atoms with Gasteiger partial charge in [-0.3, -0.25) is 19.3 Å². The number of hydrogen-bond acceptors (Lipinski definition) is 8. The van der Waals surface area contributed by atoms with Gasteiger partial charge in [0, 0.05) is 32.1 Å². The molecule has 10 heteroatoms. The van der Waals surface area contributed by atoms with E-state index in [4.69, 9.17) is 26.8 Å². The van der Waals surface area contributed by atoms with Crippen molar-refractivity contribution in [3.8, 4) is 5.75 Å². The van der Waals surface area contributed by atoms with Crippen molar-refractivity contribution in [3.05, 3.63) is 22.7 Å². The van der Waals surface area contributed by atoms with Gasteiger partial charge in [0.2, 0.25) is 6.79 Å². The van der Waals surface area contributed by atoms with E-state index in [1.54, 1.807) is 0 Å². The summed E-state index contributed by atoms with van der Waals surface area (Å²) in [5.74, 6) is -0.918. The lowest BCUT2D eigenvalue weighted by Crippen LogP contribution is -2.46. The average Bonchev–Trinajstić information content (AvgIpc) is 2.64. The summed E-state index contributed by atoms with van der Waals surface area (Å²) >= 11 is 6.01. The fourth-order valence-corrected chi connectivity index (χ4v) is 2.98. The fraction of sp³-hybridized carbons (Fsp3) is 0.500. The second kappa shape index (κ2) is 10.1. The van der Waals surface area contributed by atoms with Crippen LogP contribution in [0.1, 0.15) is 30.1 Å². The lowest BCUT2D eigenvalue weighted by atomic mass is 10.0. The normalized spacial score (nSPS) is 15.0. The van der Waals surface area contributed by atoms with Gasteiger partial charge in [0.15, 0.2) is 0 Å². The zero-order valence-corrected chi connectivity index (χ0v) is 16.6. The number of anilines is 1. The van der Waals surface area contributed by atoms with Gasteiger partial charge in [0.1, 0.15) is 5.75 Å². The van der Waals surface area contributed by atoms with Crippen LogP contribution in [0.15, 0.2) is 12.1 Å². The number of benzene rings is 1. The van der Waals surface area contributed by atoms with Crippen LogP contribution in [0.25, 0.3) is 0 Å². The molecule has 3 N–H and O–H groups in total. The molecule has 1 aliphatic heterocycles. The number of nitrogens with zero attached hydrogens (tertiary/aromatic N) is 1. The van der Waals surface area contributed by atoms with E-state index in [9.17, 15) is 14.4 Å². The van der Waals surface area contributed by atoms with Crippen LogP contribution in [0.3, 0.4) is 0 Å². The van der Waals surface area contributed by atoms with Gasteiger partial charge in [-0.05, 0) is 18.9 Å². The lowest BCUT2D eigenvalue weighted by Gasteiger charge is -2.31. The third kappa shape index (κ3) is 6.28. The minimum atomic E-state index is -0.511. The van der Waals surface area contributed by atoms with E-state index in [2.05, 4.69) is 10.1 Å². The molecule has 0 aliphatic carbocycles. The number of carbonyl (C=O) groups is 3. The van der Waals surface area contributed by atoms with Crippen LogP contribution in [0.2, 0.25) is 5.02 Å². The summed E-state index contributed by atoms with van der Waals surface area (Å²) in [5.41, 5.74) is 6.39. The quantitative estimate of drug-likeness (QED) is 0.388. The third-order valence-electron chi connectivity index (χ3n) is 4.32. The minimum absolute atomic E-state index is 0.0400. The monoisotopic (exact) mass is 413 g/mol. The van der Waals surface area contributed by atoms with Crippen molar-refractivity contribution in [1.29, 1.82) is 0 Å². The van der Waals surface area contributed by atoms with E-state index >= 15 is 0 Å². The number of likely N-dealkylation sites (tertiary alicyclic amines) is 1. The number of piperidine rings is 1. The second-order valence-electron chi connectivity index (χ2n) is 6.37. The summed E-state index contributed by atoms with van der Waals surface area (Å²) in [4.78, 5) is 36.8.